The van der Waals surface area contributed by atoms with Crippen molar-refractivity contribution in [3.8, 4) is 0 Å². The molecule has 0 atom stereocenters. The van der Waals surface area contributed by atoms with Crippen molar-refractivity contribution in [3.63, 3.8) is 0 Å². The van der Waals surface area contributed by atoms with Gasteiger partial charge >= 0.3 is 0 Å². The van der Waals surface area contributed by atoms with Gasteiger partial charge in [-0.05, 0) is 18.1 Å². The quantitative estimate of drug-likeness (QED) is 0.661. The lowest BCUT2D eigenvalue weighted by Crippen LogP contribution is -2.48. The minimum absolute atomic E-state index is 0.0516. The van der Waals surface area contributed by atoms with Gasteiger partial charge in [0.15, 0.2) is 0 Å². The average molecular weight is 405 g/mol. The first-order valence-electron chi connectivity index (χ1n) is 10.5. The van der Waals surface area contributed by atoms with Gasteiger partial charge in [-0.2, -0.15) is 0 Å². The van der Waals surface area contributed by atoms with Crippen molar-refractivity contribution < 1.29 is 5.11 Å². The number of H-pyrrole nitrogens is 1. The summed E-state index contributed by atoms with van der Waals surface area (Å²) in [5.74, 6) is 0.620. The Balaban J connectivity index is 1.54. The number of rotatable bonds is 6. The molecule has 2 heterocycles. The molecule has 4 rings (SSSR count). The first-order valence-corrected chi connectivity index (χ1v) is 10.5. The third-order valence-electron chi connectivity index (χ3n) is 5.78. The molecule has 1 saturated heterocycles. The minimum atomic E-state index is -0.152. The van der Waals surface area contributed by atoms with Crippen LogP contribution in [0.5, 0.6) is 0 Å². The van der Waals surface area contributed by atoms with Gasteiger partial charge in [-0.15, -0.1) is 0 Å². The fraction of sp³-hybridized carbons (Fsp3) is 0.333. The fourth-order valence-electron chi connectivity index (χ4n) is 4.23. The lowest BCUT2D eigenvalue weighted by Gasteiger charge is -2.40. The molecule has 6 heteroatoms. The number of hydrogen-bond donors (Lipinski definition) is 2. The summed E-state index contributed by atoms with van der Waals surface area (Å²) >= 11 is 0. The molecule has 0 radical (unpaired) electrons. The highest BCUT2D eigenvalue weighted by atomic mass is 16.3. The Morgan fingerprint density at radius 2 is 1.53 bits per heavy atom. The van der Waals surface area contributed by atoms with Gasteiger partial charge in [0.1, 0.15) is 0 Å². The molecule has 0 saturated carbocycles. The maximum absolute atomic E-state index is 12.4. The van der Waals surface area contributed by atoms with E-state index < -0.39 is 0 Å². The number of aryl methyl sites for hydroxylation is 1. The van der Waals surface area contributed by atoms with Gasteiger partial charge in [0.05, 0.1) is 11.7 Å². The lowest BCUT2D eigenvalue weighted by molar-refractivity contribution is 0.211. The molecule has 0 spiro atoms. The van der Waals surface area contributed by atoms with E-state index in [9.17, 15) is 4.79 Å². The van der Waals surface area contributed by atoms with Crippen LogP contribution in [0.3, 0.4) is 0 Å². The van der Waals surface area contributed by atoms with Crippen LogP contribution >= 0.6 is 0 Å². The van der Waals surface area contributed by atoms with E-state index in [1.54, 1.807) is 0 Å². The summed E-state index contributed by atoms with van der Waals surface area (Å²) in [7, 11) is 0. The first-order chi connectivity index (χ1) is 14.7. The van der Waals surface area contributed by atoms with Crippen LogP contribution in [0.15, 0.2) is 65.5 Å². The van der Waals surface area contributed by atoms with Crippen LogP contribution in [0, 0.1) is 6.92 Å². The predicted molar refractivity (Wildman–Crippen MR) is 119 cm³/mol. The summed E-state index contributed by atoms with van der Waals surface area (Å²) in [5, 5.41) is 9.16. The molecule has 2 aromatic carbocycles. The van der Waals surface area contributed by atoms with E-state index in [1.807, 2.05) is 19.1 Å². The van der Waals surface area contributed by atoms with E-state index >= 15 is 0 Å². The Labute approximate surface area is 176 Å². The van der Waals surface area contributed by atoms with Crippen molar-refractivity contribution >= 4 is 5.95 Å². The molecule has 30 heavy (non-hydrogen) atoms. The smallest absolute Gasteiger partial charge is 0.255 e. The highest BCUT2D eigenvalue weighted by Crippen LogP contribution is 2.29. The summed E-state index contributed by atoms with van der Waals surface area (Å²) in [6, 6.07) is 21.4. The number of aliphatic hydroxyl groups excluding tert-OH is 1. The highest BCUT2D eigenvalue weighted by Gasteiger charge is 2.27. The molecule has 0 aliphatic carbocycles. The molecule has 0 amide bonds. The normalized spacial score (nSPS) is 15.0. The Kier molecular flexibility index (Phi) is 6.26. The highest BCUT2D eigenvalue weighted by molar-refractivity contribution is 5.36. The summed E-state index contributed by atoms with van der Waals surface area (Å²) in [6.07, 6.45) is 0.331. The zero-order valence-corrected chi connectivity index (χ0v) is 17.3. The van der Waals surface area contributed by atoms with Crippen LogP contribution < -0.4 is 10.5 Å². The van der Waals surface area contributed by atoms with Crippen molar-refractivity contribution in [1.29, 1.82) is 0 Å². The summed E-state index contributed by atoms with van der Waals surface area (Å²) in [5.41, 5.74) is 3.67. The molecule has 0 unspecified atom stereocenters. The molecule has 156 valence electrons. The second kappa shape index (κ2) is 9.24. The van der Waals surface area contributed by atoms with E-state index in [1.165, 1.54) is 11.1 Å². The number of anilines is 1. The van der Waals surface area contributed by atoms with Gasteiger partial charge < -0.3 is 10.0 Å². The van der Waals surface area contributed by atoms with Crippen LogP contribution in [-0.4, -0.2) is 52.8 Å². The predicted octanol–water partition coefficient (Wildman–Crippen LogP) is 2.52. The standard InChI is InChI=1S/C24H28N4O2/c1-18-21(12-17-29)23(30)26-24(25-18)28-15-13-27(14-16-28)22(19-8-4-2-5-9-19)20-10-6-3-7-11-20/h2-11,22,29H,12-17H2,1H3,(H,25,26,30). The Bertz CT molecular complexity index is 973. The fourth-order valence-corrected chi connectivity index (χ4v) is 4.23. The van der Waals surface area contributed by atoms with Crippen molar-refractivity contribution in [2.24, 2.45) is 0 Å². The van der Waals surface area contributed by atoms with Gasteiger partial charge in [0.2, 0.25) is 5.95 Å². The number of hydrogen-bond acceptors (Lipinski definition) is 5. The average Bonchev–Trinajstić information content (AvgIpc) is 2.78. The van der Waals surface area contributed by atoms with Gasteiger partial charge in [-0.1, -0.05) is 60.7 Å². The topological polar surface area (TPSA) is 72.5 Å². The molecule has 1 aliphatic heterocycles. The van der Waals surface area contributed by atoms with E-state index in [0.717, 1.165) is 26.2 Å². The zero-order chi connectivity index (χ0) is 20.9. The Morgan fingerprint density at radius 1 is 0.967 bits per heavy atom. The number of piperazine rings is 1. The molecular formula is C24H28N4O2. The second-order valence-electron chi connectivity index (χ2n) is 7.67. The molecule has 6 nitrogen and oxygen atoms in total. The maximum Gasteiger partial charge on any atom is 0.255 e. The molecule has 1 fully saturated rings. The summed E-state index contributed by atoms with van der Waals surface area (Å²) in [4.78, 5) is 24.5. The number of aromatic amines is 1. The molecule has 3 aromatic rings. The van der Waals surface area contributed by atoms with Crippen molar-refractivity contribution in [3.05, 3.63) is 93.4 Å². The largest absolute Gasteiger partial charge is 0.396 e. The van der Waals surface area contributed by atoms with Crippen molar-refractivity contribution in [2.45, 2.75) is 19.4 Å². The number of nitrogens with one attached hydrogen (secondary N) is 1. The number of aliphatic hydroxyl groups is 1. The van der Waals surface area contributed by atoms with Gasteiger partial charge in [0, 0.05) is 44.8 Å². The number of benzene rings is 2. The minimum Gasteiger partial charge on any atom is -0.396 e. The number of aromatic nitrogens is 2. The van der Waals surface area contributed by atoms with E-state index in [2.05, 4.69) is 68.3 Å². The van der Waals surface area contributed by atoms with E-state index in [-0.39, 0.29) is 18.2 Å². The van der Waals surface area contributed by atoms with E-state index in [4.69, 9.17) is 5.11 Å². The molecular weight excluding hydrogens is 376 g/mol. The van der Waals surface area contributed by atoms with Gasteiger partial charge in [0.25, 0.3) is 5.56 Å². The SMILES string of the molecule is Cc1nc(N2CCN(C(c3ccccc3)c3ccccc3)CC2)[nH]c(=O)c1CCO. The maximum atomic E-state index is 12.4. The third kappa shape index (κ3) is 4.30. The molecule has 0 bridgehead atoms. The van der Waals surface area contributed by atoms with Crippen LogP contribution in [0.25, 0.3) is 0 Å². The zero-order valence-electron chi connectivity index (χ0n) is 17.3. The van der Waals surface area contributed by atoms with E-state index in [0.29, 0.717) is 23.6 Å². The van der Waals surface area contributed by atoms with Gasteiger partial charge in [-0.3, -0.25) is 14.7 Å². The Hall–Kier alpha value is -2.96. The lowest BCUT2D eigenvalue weighted by atomic mass is 9.96. The van der Waals surface area contributed by atoms with Crippen LogP contribution in [0.4, 0.5) is 5.95 Å². The van der Waals surface area contributed by atoms with Crippen LogP contribution in [0.1, 0.15) is 28.4 Å². The number of nitrogens with zero attached hydrogens (tertiary/aromatic N) is 3. The van der Waals surface area contributed by atoms with Crippen molar-refractivity contribution in [2.75, 3.05) is 37.7 Å². The molecule has 1 aromatic heterocycles. The van der Waals surface area contributed by atoms with Crippen LogP contribution in [0.2, 0.25) is 0 Å². The third-order valence-corrected chi connectivity index (χ3v) is 5.78. The summed E-state index contributed by atoms with van der Waals surface area (Å²) < 4.78 is 0. The Morgan fingerprint density at radius 3 is 2.03 bits per heavy atom. The van der Waals surface area contributed by atoms with Crippen LogP contribution in [-0.2, 0) is 6.42 Å². The molecule has 2 N–H and O–H groups in total. The van der Waals surface area contributed by atoms with Gasteiger partial charge in [-0.25, -0.2) is 4.98 Å². The first kappa shape index (κ1) is 20.3. The second-order valence-corrected chi connectivity index (χ2v) is 7.67. The monoisotopic (exact) mass is 404 g/mol. The van der Waals surface area contributed by atoms with Crippen molar-refractivity contribution in [1.82, 2.24) is 14.9 Å². The molecule has 1 aliphatic rings. The summed E-state index contributed by atoms with van der Waals surface area (Å²) in [6.45, 7) is 5.10.